The summed E-state index contributed by atoms with van der Waals surface area (Å²) >= 11 is 0. The molecule has 7 heteroatoms. The van der Waals surface area contributed by atoms with Gasteiger partial charge in [0.05, 0.1) is 5.52 Å². The highest BCUT2D eigenvalue weighted by Crippen LogP contribution is 2.34. The van der Waals surface area contributed by atoms with Crippen molar-refractivity contribution in [1.82, 2.24) is 14.8 Å². The Morgan fingerprint density at radius 1 is 0.822 bits per heavy atom. The first-order valence-electron chi connectivity index (χ1n) is 15.4. The molecule has 1 saturated heterocycles. The summed E-state index contributed by atoms with van der Waals surface area (Å²) in [6, 6.07) is 39.3. The molecule has 6 rings (SSSR count). The highest BCUT2D eigenvalue weighted by Gasteiger charge is 2.46. The number of rotatable bonds is 9. The zero-order valence-electron chi connectivity index (χ0n) is 25.0. The second-order valence-electron chi connectivity index (χ2n) is 11.8. The molecule has 1 aliphatic rings. The van der Waals surface area contributed by atoms with Gasteiger partial charge in [-0.3, -0.25) is 14.7 Å². The van der Waals surface area contributed by atoms with Crippen molar-refractivity contribution in [2.24, 2.45) is 0 Å². The van der Waals surface area contributed by atoms with Crippen LogP contribution in [-0.2, 0) is 17.8 Å². The normalized spacial score (nSPS) is 17.4. The monoisotopic (exact) mass is 607 g/mol. The van der Waals surface area contributed by atoms with E-state index in [0.717, 1.165) is 22.4 Å². The standard InChI is InChI=1S/C38H36F3N3O/c39-38(40,41)37(45)44(26-31-20-22-42-36-19-11-10-18-34(31)36)32-21-23-43(33(25-32)24-28-12-4-1-5-13-28)27-35(29-14-6-2-7-15-29)30-16-8-3-9-17-30/h1-20,22,32-33,35H,21,23-27H2. The maximum Gasteiger partial charge on any atom is 0.471 e. The fraction of sp³-hybridized carbons (Fsp3) is 0.263. The molecule has 230 valence electrons. The summed E-state index contributed by atoms with van der Waals surface area (Å²) in [5, 5.41) is 0.756. The highest BCUT2D eigenvalue weighted by atomic mass is 19.4. The number of likely N-dealkylation sites (tertiary alicyclic amines) is 1. The molecule has 0 bridgehead atoms. The van der Waals surface area contributed by atoms with E-state index in [0.29, 0.717) is 36.9 Å². The van der Waals surface area contributed by atoms with E-state index < -0.39 is 18.1 Å². The average Bonchev–Trinajstić information content (AvgIpc) is 3.07. The fourth-order valence-corrected chi connectivity index (χ4v) is 6.71. The second-order valence-corrected chi connectivity index (χ2v) is 11.8. The van der Waals surface area contributed by atoms with Crippen molar-refractivity contribution in [3.05, 3.63) is 150 Å². The van der Waals surface area contributed by atoms with Gasteiger partial charge in [0.25, 0.3) is 0 Å². The van der Waals surface area contributed by atoms with Gasteiger partial charge in [0.15, 0.2) is 0 Å². The molecule has 4 nitrogen and oxygen atoms in total. The smallest absolute Gasteiger partial charge is 0.327 e. The minimum Gasteiger partial charge on any atom is -0.327 e. The number of nitrogens with zero attached hydrogens (tertiary/aromatic N) is 3. The number of halogens is 3. The summed E-state index contributed by atoms with van der Waals surface area (Å²) in [5.41, 5.74) is 4.87. The second kappa shape index (κ2) is 13.7. The molecule has 0 N–H and O–H groups in total. The molecule has 1 aliphatic heterocycles. The predicted octanol–water partition coefficient (Wildman–Crippen LogP) is 8.03. The van der Waals surface area contributed by atoms with Gasteiger partial charge in [0, 0.05) is 49.2 Å². The average molecular weight is 608 g/mol. The van der Waals surface area contributed by atoms with Gasteiger partial charge in [-0.1, -0.05) is 109 Å². The maximum absolute atomic E-state index is 14.1. The van der Waals surface area contributed by atoms with Crippen LogP contribution in [0, 0.1) is 0 Å². The number of fused-ring (bicyclic) bond motifs is 1. The molecule has 1 aromatic heterocycles. The van der Waals surface area contributed by atoms with Crippen LogP contribution < -0.4 is 0 Å². The van der Waals surface area contributed by atoms with E-state index in [1.54, 1.807) is 12.3 Å². The summed E-state index contributed by atoms with van der Waals surface area (Å²) in [6.45, 7) is 1.18. The van der Waals surface area contributed by atoms with Gasteiger partial charge in [-0.2, -0.15) is 13.2 Å². The van der Waals surface area contributed by atoms with Gasteiger partial charge in [-0.25, -0.2) is 0 Å². The van der Waals surface area contributed by atoms with E-state index in [4.69, 9.17) is 0 Å². The number of carbonyl (C=O) groups is 1. The molecule has 0 spiro atoms. The first-order chi connectivity index (χ1) is 21.9. The predicted molar refractivity (Wildman–Crippen MR) is 172 cm³/mol. The number of para-hydroxylation sites is 1. The SMILES string of the molecule is O=C(N(Cc1ccnc2ccccc12)C1CCN(CC(c2ccccc2)c2ccccc2)C(Cc2ccccc2)C1)C(F)(F)F. The fourth-order valence-electron chi connectivity index (χ4n) is 6.71. The van der Waals surface area contributed by atoms with Crippen LogP contribution >= 0.6 is 0 Å². The van der Waals surface area contributed by atoms with Crippen molar-refractivity contribution in [1.29, 1.82) is 0 Å². The molecule has 1 fully saturated rings. The molecule has 0 aliphatic carbocycles. The lowest BCUT2D eigenvalue weighted by atomic mass is 9.86. The van der Waals surface area contributed by atoms with Crippen molar-refractivity contribution in [3.8, 4) is 0 Å². The minimum absolute atomic E-state index is 0.0567. The van der Waals surface area contributed by atoms with Crippen LogP contribution in [0.2, 0.25) is 0 Å². The van der Waals surface area contributed by atoms with Crippen molar-refractivity contribution < 1.29 is 18.0 Å². The molecule has 0 saturated carbocycles. The van der Waals surface area contributed by atoms with Crippen molar-refractivity contribution in [3.63, 3.8) is 0 Å². The number of alkyl halides is 3. The molecule has 2 heterocycles. The summed E-state index contributed by atoms with van der Waals surface area (Å²) in [5.74, 6) is -1.69. The van der Waals surface area contributed by atoms with Gasteiger partial charge < -0.3 is 4.90 Å². The lowest BCUT2D eigenvalue weighted by Crippen LogP contribution is -2.55. The molecular formula is C38H36F3N3O. The Morgan fingerprint density at radius 3 is 2.07 bits per heavy atom. The lowest BCUT2D eigenvalue weighted by Gasteiger charge is -2.45. The quantitative estimate of drug-likeness (QED) is 0.170. The third-order valence-electron chi connectivity index (χ3n) is 8.97. The van der Waals surface area contributed by atoms with E-state index in [2.05, 4.69) is 46.3 Å². The Balaban J connectivity index is 1.32. The van der Waals surface area contributed by atoms with Gasteiger partial charge in [-0.05, 0) is 53.6 Å². The van der Waals surface area contributed by atoms with Crippen LogP contribution in [0.4, 0.5) is 13.2 Å². The van der Waals surface area contributed by atoms with E-state index >= 15 is 0 Å². The Labute approximate surface area is 262 Å². The van der Waals surface area contributed by atoms with E-state index in [1.165, 1.54) is 11.1 Å². The maximum atomic E-state index is 14.1. The van der Waals surface area contributed by atoms with Crippen molar-refractivity contribution in [2.45, 2.75) is 50.0 Å². The molecule has 45 heavy (non-hydrogen) atoms. The minimum atomic E-state index is -4.97. The van der Waals surface area contributed by atoms with Crippen LogP contribution in [0.5, 0.6) is 0 Å². The molecular weight excluding hydrogens is 571 g/mol. The van der Waals surface area contributed by atoms with Gasteiger partial charge in [0.1, 0.15) is 0 Å². The lowest BCUT2D eigenvalue weighted by molar-refractivity contribution is -0.189. The van der Waals surface area contributed by atoms with Crippen molar-refractivity contribution in [2.75, 3.05) is 13.1 Å². The number of amides is 1. The Morgan fingerprint density at radius 2 is 1.42 bits per heavy atom. The number of carbonyl (C=O) groups excluding carboxylic acids is 1. The first kappa shape index (κ1) is 30.5. The van der Waals surface area contributed by atoms with Crippen LogP contribution in [0.15, 0.2) is 128 Å². The Hall–Kier alpha value is -4.49. The highest BCUT2D eigenvalue weighted by molar-refractivity contribution is 5.84. The van der Waals surface area contributed by atoms with E-state index in [1.807, 2.05) is 78.9 Å². The Kier molecular flexibility index (Phi) is 9.26. The van der Waals surface area contributed by atoms with E-state index in [-0.39, 0.29) is 18.5 Å². The van der Waals surface area contributed by atoms with E-state index in [9.17, 15) is 18.0 Å². The summed E-state index contributed by atoms with van der Waals surface area (Å²) in [7, 11) is 0. The Bertz CT molecular complexity index is 1650. The number of hydrogen-bond acceptors (Lipinski definition) is 3. The molecule has 2 atom stereocenters. The third kappa shape index (κ3) is 7.26. The third-order valence-corrected chi connectivity index (χ3v) is 8.97. The van der Waals surface area contributed by atoms with Gasteiger partial charge in [0.2, 0.25) is 0 Å². The molecule has 5 aromatic rings. The molecule has 1 amide bonds. The first-order valence-corrected chi connectivity index (χ1v) is 15.4. The largest absolute Gasteiger partial charge is 0.471 e. The zero-order chi connectivity index (χ0) is 31.2. The number of pyridine rings is 1. The molecule has 4 aromatic carbocycles. The molecule has 2 unspecified atom stereocenters. The van der Waals surface area contributed by atoms with Crippen molar-refractivity contribution >= 4 is 16.8 Å². The topological polar surface area (TPSA) is 36.4 Å². The van der Waals surface area contributed by atoms with Crippen LogP contribution in [0.25, 0.3) is 10.9 Å². The number of aromatic nitrogens is 1. The van der Waals surface area contributed by atoms with Gasteiger partial charge in [-0.15, -0.1) is 0 Å². The van der Waals surface area contributed by atoms with Crippen LogP contribution in [0.1, 0.15) is 41.0 Å². The van der Waals surface area contributed by atoms with Crippen LogP contribution in [-0.4, -0.2) is 52.0 Å². The molecule has 0 radical (unpaired) electrons. The summed E-state index contributed by atoms with van der Waals surface area (Å²) in [4.78, 5) is 20.9. The zero-order valence-corrected chi connectivity index (χ0v) is 25.0. The number of hydrogen-bond donors (Lipinski definition) is 0. The summed E-state index contributed by atoms with van der Waals surface area (Å²) in [6.07, 6.45) is -1.80. The van der Waals surface area contributed by atoms with Gasteiger partial charge >= 0.3 is 12.1 Å². The number of piperidine rings is 1. The number of benzene rings is 4. The summed E-state index contributed by atoms with van der Waals surface area (Å²) < 4.78 is 42.4. The van der Waals surface area contributed by atoms with Crippen LogP contribution in [0.3, 0.4) is 0 Å².